The zero-order chi connectivity index (χ0) is 15.5. The summed E-state index contributed by atoms with van der Waals surface area (Å²) in [6.07, 6.45) is 6.43. The third kappa shape index (κ3) is 5.26. The first-order valence-corrected chi connectivity index (χ1v) is 8.63. The number of hydrogen-bond acceptors (Lipinski definition) is 3. The van der Waals surface area contributed by atoms with Crippen molar-refractivity contribution in [2.24, 2.45) is 17.1 Å². The van der Waals surface area contributed by atoms with Gasteiger partial charge in [0.25, 0.3) is 0 Å². The molecule has 0 radical (unpaired) electrons. The van der Waals surface area contributed by atoms with E-state index >= 15 is 0 Å². The summed E-state index contributed by atoms with van der Waals surface area (Å²) in [5.74, 6) is 0.753. The first-order valence-electron chi connectivity index (χ1n) is 8.63. The molecule has 1 saturated heterocycles. The number of likely N-dealkylation sites (tertiary alicyclic amines) is 1. The molecule has 2 atom stereocenters. The van der Waals surface area contributed by atoms with E-state index < -0.39 is 0 Å². The number of carbonyl (C=O) groups excluding carboxylic acids is 1. The maximum Gasteiger partial charge on any atom is 0.220 e. The van der Waals surface area contributed by atoms with Crippen molar-refractivity contribution < 1.29 is 4.79 Å². The lowest BCUT2D eigenvalue weighted by Crippen LogP contribution is -2.38. The molecule has 1 heterocycles. The van der Waals surface area contributed by atoms with Crippen LogP contribution in [0.15, 0.2) is 0 Å². The van der Waals surface area contributed by atoms with Gasteiger partial charge in [0.05, 0.1) is 0 Å². The van der Waals surface area contributed by atoms with Gasteiger partial charge in [-0.1, -0.05) is 20.8 Å². The van der Waals surface area contributed by atoms with Crippen LogP contribution in [0.4, 0.5) is 0 Å². The molecule has 0 bridgehead atoms. The van der Waals surface area contributed by atoms with Crippen LogP contribution in [0.2, 0.25) is 0 Å². The number of rotatable bonds is 7. The normalized spacial score (nSPS) is 25.0. The molecule has 4 nitrogen and oxygen atoms in total. The van der Waals surface area contributed by atoms with E-state index in [-0.39, 0.29) is 11.3 Å². The van der Waals surface area contributed by atoms with E-state index in [1.807, 2.05) is 0 Å². The summed E-state index contributed by atoms with van der Waals surface area (Å²) >= 11 is 0. The average Bonchev–Trinajstić information content (AvgIpc) is 3.14. The summed E-state index contributed by atoms with van der Waals surface area (Å²) in [5.41, 5.74) is 5.94. The third-order valence-electron chi connectivity index (χ3n) is 5.11. The van der Waals surface area contributed by atoms with Gasteiger partial charge in [-0.15, -0.1) is 0 Å². The van der Waals surface area contributed by atoms with Gasteiger partial charge >= 0.3 is 0 Å². The Kier molecular flexibility index (Phi) is 5.67. The summed E-state index contributed by atoms with van der Waals surface area (Å²) < 4.78 is 0. The third-order valence-corrected chi connectivity index (χ3v) is 5.11. The fourth-order valence-corrected chi connectivity index (χ4v) is 3.49. The minimum atomic E-state index is 0.226. The Labute approximate surface area is 129 Å². The lowest BCUT2D eigenvalue weighted by atomic mass is 9.76. The van der Waals surface area contributed by atoms with Gasteiger partial charge in [-0.3, -0.25) is 9.69 Å². The van der Waals surface area contributed by atoms with Gasteiger partial charge in [0.15, 0.2) is 0 Å². The van der Waals surface area contributed by atoms with E-state index in [0.29, 0.717) is 24.9 Å². The molecule has 1 amide bonds. The Morgan fingerprint density at radius 2 is 2.00 bits per heavy atom. The monoisotopic (exact) mass is 295 g/mol. The van der Waals surface area contributed by atoms with Crippen molar-refractivity contribution in [3.63, 3.8) is 0 Å². The molecule has 1 aliphatic heterocycles. The summed E-state index contributed by atoms with van der Waals surface area (Å²) in [5, 5.41) is 3.23. The van der Waals surface area contributed by atoms with E-state index in [2.05, 4.69) is 31.0 Å². The van der Waals surface area contributed by atoms with Crippen LogP contribution in [0.25, 0.3) is 0 Å². The van der Waals surface area contributed by atoms with Gasteiger partial charge in [-0.05, 0) is 50.0 Å². The highest BCUT2D eigenvalue weighted by Crippen LogP contribution is 2.32. The number of carbonyl (C=O) groups is 1. The molecule has 1 saturated carbocycles. The second-order valence-corrected chi connectivity index (χ2v) is 7.96. The lowest BCUT2D eigenvalue weighted by molar-refractivity contribution is -0.122. The molecule has 4 heteroatoms. The molecule has 21 heavy (non-hydrogen) atoms. The fraction of sp³-hybridized carbons (Fsp3) is 0.941. The molecule has 2 unspecified atom stereocenters. The second-order valence-electron chi connectivity index (χ2n) is 7.96. The van der Waals surface area contributed by atoms with Crippen molar-refractivity contribution in [2.75, 3.05) is 19.6 Å². The molecular formula is C17H33N3O. The molecule has 122 valence electrons. The Morgan fingerprint density at radius 1 is 1.29 bits per heavy atom. The van der Waals surface area contributed by atoms with Crippen LogP contribution in [0, 0.1) is 11.3 Å². The first kappa shape index (κ1) is 16.8. The Hall–Kier alpha value is -0.610. The largest absolute Gasteiger partial charge is 0.352 e. The molecule has 0 aromatic heterocycles. The SMILES string of the molecule is CC(C)(C)C(CCN)CCC(=O)NC1CCN(C2CC2)C1. The van der Waals surface area contributed by atoms with Gasteiger partial charge in [-0.2, -0.15) is 0 Å². The van der Waals surface area contributed by atoms with E-state index in [9.17, 15) is 4.79 Å². The number of amides is 1. The number of nitrogens with two attached hydrogens (primary N) is 1. The van der Waals surface area contributed by atoms with Crippen molar-refractivity contribution in [3.8, 4) is 0 Å². The highest BCUT2D eigenvalue weighted by atomic mass is 16.1. The molecular weight excluding hydrogens is 262 g/mol. The van der Waals surface area contributed by atoms with Crippen LogP contribution in [0.3, 0.4) is 0 Å². The topological polar surface area (TPSA) is 58.4 Å². The smallest absolute Gasteiger partial charge is 0.220 e. The molecule has 2 fully saturated rings. The van der Waals surface area contributed by atoms with Gasteiger partial charge in [0.2, 0.25) is 5.91 Å². The molecule has 2 aliphatic rings. The van der Waals surface area contributed by atoms with E-state index in [1.54, 1.807) is 0 Å². The van der Waals surface area contributed by atoms with Crippen molar-refractivity contribution in [2.45, 2.75) is 71.4 Å². The summed E-state index contributed by atoms with van der Waals surface area (Å²) in [6, 6.07) is 1.20. The molecule has 0 aromatic rings. The van der Waals surface area contributed by atoms with Crippen LogP contribution in [-0.2, 0) is 4.79 Å². The molecule has 1 aliphatic carbocycles. The van der Waals surface area contributed by atoms with Crippen molar-refractivity contribution in [1.29, 1.82) is 0 Å². The summed E-state index contributed by atoms with van der Waals surface area (Å²) in [4.78, 5) is 14.7. The van der Waals surface area contributed by atoms with Crippen molar-refractivity contribution in [3.05, 3.63) is 0 Å². The maximum absolute atomic E-state index is 12.2. The lowest BCUT2D eigenvalue weighted by Gasteiger charge is -2.30. The fourth-order valence-electron chi connectivity index (χ4n) is 3.49. The number of nitrogens with one attached hydrogen (secondary N) is 1. The first-order chi connectivity index (χ1) is 9.90. The average molecular weight is 295 g/mol. The zero-order valence-corrected chi connectivity index (χ0v) is 14.0. The van der Waals surface area contributed by atoms with Gasteiger partial charge in [0.1, 0.15) is 0 Å². The van der Waals surface area contributed by atoms with Crippen molar-refractivity contribution >= 4 is 5.91 Å². The van der Waals surface area contributed by atoms with Gasteiger partial charge in [-0.25, -0.2) is 0 Å². The van der Waals surface area contributed by atoms with Crippen LogP contribution in [0.1, 0.15) is 59.3 Å². The van der Waals surface area contributed by atoms with Gasteiger partial charge < -0.3 is 11.1 Å². The quantitative estimate of drug-likeness (QED) is 0.756. The second kappa shape index (κ2) is 7.10. The molecule has 2 rings (SSSR count). The number of hydrogen-bond donors (Lipinski definition) is 2. The highest BCUT2D eigenvalue weighted by Gasteiger charge is 2.34. The summed E-state index contributed by atoms with van der Waals surface area (Å²) in [6.45, 7) is 9.67. The number of nitrogens with zero attached hydrogens (tertiary/aromatic N) is 1. The Balaban J connectivity index is 1.69. The van der Waals surface area contributed by atoms with E-state index in [0.717, 1.165) is 38.4 Å². The highest BCUT2D eigenvalue weighted by molar-refractivity contribution is 5.76. The van der Waals surface area contributed by atoms with Crippen LogP contribution >= 0.6 is 0 Å². The Bertz CT molecular complexity index is 346. The zero-order valence-electron chi connectivity index (χ0n) is 14.0. The maximum atomic E-state index is 12.2. The predicted octanol–water partition coefficient (Wildman–Crippen LogP) is 2.13. The standard InChI is InChI=1S/C17H33N3O/c1-17(2,3)13(8-10-18)4-7-16(21)19-14-9-11-20(12-14)15-5-6-15/h13-15H,4-12,18H2,1-3H3,(H,19,21). The van der Waals surface area contributed by atoms with Crippen molar-refractivity contribution in [1.82, 2.24) is 10.2 Å². The predicted molar refractivity (Wildman–Crippen MR) is 87.0 cm³/mol. The minimum absolute atomic E-state index is 0.226. The molecule has 3 N–H and O–H groups in total. The van der Waals surface area contributed by atoms with E-state index in [1.165, 1.54) is 12.8 Å². The minimum Gasteiger partial charge on any atom is -0.352 e. The van der Waals surface area contributed by atoms with Crippen LogP contribution in [0.5, 0.6) is 0 Å². The molecule has 0 spiro atoms. The van der Waals surface area contributed by atoms with Crippen LogP contribution in [-0.4, -0.2) is 42.5 Å². The van der Waals surface area contributed by atoms with Gasteiger partial charge in [0, 0.05) is 31.6 Å². The van der Waals surface area contributed by atoms with Crippen LogP contribution < -0.4 is 11.1 Å². The van der Waals surface area contributed by atoms with E-state index in [4.69, 9.17) is 5.73 Å². The molecule has 0 aromatic carbocycles. The summed E-state index contributed by atoms with van der Waals surface area (Å²) in [7, 11) is 0. The Morgan fingerprint density at radius 3 is 2.57 bits per heavy atom.